The Bertz CT molecular complexity index is 1130. The number of benzene rings is 2. The number of thioether (sulfide) groups is 2. The van der Waals surface area contributed by atoms with E-state index in [1.165, 1.54) is 18.2 Å². The Morgan fingerprint density at radius 3 is 2.62 bits per heavy atom. The summed E-state index contributed by atoms with van der Waals surface area (Å²) in [6.45, 7) is 0. The average molecular weight is 486 g/mol. The van der Waals surface area contributed by atoms with Crippen LogP contribution in [0.15, 0.2) is 62.3 Å². The number of methoxy groups -OCH3 is 1. The first-order valence-corrected chi connectivity index (χ1v) is 12.8. The van der Waals surface area contributed by atoms with Gasteiger partial charge in [0, 0.05) is 23.0 Å². The number of ether oxygens (including phenoxy) is 1. The molecule has 0 atom stereocenters. The molecule has 166 valence electrons. The predicted octanol–water partition coefficient (Wildman–Crippen LogP) is 6.66. The summed E-state index contributed by atoms with van der Waals surface area (Å²) in [5.41, 5.74) is 1.76. The summed E-state index contributed by atoms with van der Waals surface area (Å²) in [4.78, 5) is 24.6. The number of rotatable bonds is 3. The van der Waals surface area contributed by atoms with Crippen molar-refractivity contribution in [2.45, 2.75) is 43.0 Å². The van der Waals surface area contributed by atoms with Crippen molar-refractivity contribution in [3.63, 3.8) is 0 Å². The van der Waals surface area contributed by atoms with Crippen molar-refractivity contribution in [1.82, 2.24) is 4.90 Å². The number of amides is 1. The summed E-state index contributed by atoms with van der Waals surface area (Å²) < 4.78 is 5.50. The van der Waals surface area contributed by atoms with Crippen LogP contribution in [-0.2, 0) is 4.79 Å². The number of nitrogens with zero attached hydrogens (tertiary/aromatic N) is 3. The molecule has 32 heavy (non-hydrogen) atoms. The Hall–Kier alpha value is -2.09. The molecule has 8 heteroatoms. The van der Waals surface area contributed by atoms with Gasteiger partial charge >= 0.3 is 0 Å². The summed E-state index contributed by atoms with van der Waals surface area (Å²) in [6, 6.07) is 13.8. The van der Waals surface area contributed by atoms with E-state index in [4.69, 9.17) is 21.3 Å². The number of halogens is 1. The highest BCUT2D eigenvalue weighted by Crippen LogP contribution is 2.51. The van der Waals surface area contributed by atoms with Gasteiger partial charge in [-0.25, -0.2) is 4.99 Å². The maximum atomic E-state index is 13.8. The van der Waals surface area contributed by atoms with Crippen LogP contribution in [0.25, 0.3) is 0 Å². The lowest BCUT2D eigenvalue weighted by Crippen LogP contribution is -2.40. The number of carbonyl (C=O) groups is 1. The maximum Gasteiger partial charge on any atom is 0.269 e. The first-order chi connectivity index (χ1) is 15.6. The number of carbonyl (C=O) groups excluding carboxylic acids is 1. The molecule has 2 aromatic rings. The second kappa shape index (κ2) is 9.04. The van der Waals surface area contributed by atoms with Gasteiger partial charge in [0.05, 0.1) is 17.8 Å². The highest BCUT2D eigenvalue weighted by Gasteiger charge is 2.42. The highest BCUT2D eigenvalue weighted by molar-refractivity contribution is 8.19. The topological polar surface area (TPSA) is 45.1 Å². The predicted molar refractivity (Wildman–Crippen MR) is 134 cm³/mol. The van der Waals surface area contributed by atoms with Gasteiger partial charge in [-0.3, -0.25) is 9.69 Å². The molecule has 5 nitrogen and oxygen atoms in total. The van der Waals surface area contributed by atoms with Crippen molar-refractivity contribution in [1.29, 1.82) is 0 Å². The van der Waals surface area contributed by atoms with Crippen molar-refractivity contribution in [3.05, 3.63) is 57.4 Å². The van der Waals surface area contributed by atoms with E-state index >= 15 is 0 Å². The summed E-state index contributed by atoms with van der Waals surface area (Å²) >= 11 is 9.35. The SMILES string of the molecule is COc1ccc(Cl)cc1N=C1SC(=C2Sc3ccccc3N2C)C(=O)N1C1CCCCC1. The minimum Gasteiger partial charge on any atom is -0.494 e. The van der Waals surface area contributed by atoms with Crippen molar-refractivity contribution in [2.24, 2.45) is 4.99 Å². The van der Waals surface area contributed by atoms with Crippen LogP contribution >= 0.6 is 35.1 Å². The van der Waals surface area contributed by atoms with Crippen molar-refractivity contribution in [3.8, 4) is 5.75 Å². The minimum atomic E-state index is 0.0452. The molecular formula is C24H24ClN3O2S2. The van der Waals surface area contributed by atoms with Crippen LogP contribution in [0.1, 0.15) is 32.1 Å². The average Bonchev–Trinajstić information content (AvgIpc) is 3.31. The fourth-order valence-corrected chi connectivity index (χ4v) is 6.97. The lowest BCUT2D eigenvalue weighted by atomic mass is 9.94. The molecule has 2 aromatic carbocycles. The quantitative estimate of drug-likeness (QED) is 0.455. The Labute approximate surface area is 201 Å². The third-order valence-corrected chi connectivity index (χ3v) is 8.68. The first-order valence-electron chi connectivity index (χ1n) is 10.8. The van der Waals surface area contributed by atoms with E-state index in [9.17, 15) is 4.79 Å². The Morgan fingerprint density at radius 2 is 1.88 bits per heavy atom. The number of para-hydroxylation sites is 1. The molecule has 1 saturated heterocycles. The van der Waals surface area contributed by atoms with Crippen LogP contribution in [0.3, 0.4) is 0 Å². The molecule has 0 bridgehead atoms. The van der Waals surface area contributed by atoms with Crippen LogP contribution in [0.5, 0.6) is 5.75 Å². The number of amidine groups is 1. The standard InChI is InChI=1S/C24H24ClN3O2S2/c1-27-18-10-6-7-11-20(18)31-23(27)21-22(29)28(16-8-4-3-5-9-16)24(32-21)26-17-14-15(25)12-13-19(17)30-2/h6-7,10-14,16H,3-5,8-9H2,1-2H3. The summed E-state index contributed by atoms with van der Waals surface area (Å²) in [5.74, 6) is 0.684. The number of aliphatic imine (C=N–C) groups is 1. The monoisotopic (exact) mass is 485 g/mol. The Balaban J connectivity index is 1.58. The third kappa shape index (κ3) is 3.91. The van der Waals surface area contributed by atoms with E-state index in [0.29, 0.717) is 21.6 Å². The molecule has 1 saturated carbocycles. The Kier molecular flexibility index (Phi) is 6.14. The normalized spacial score (nSPS) is 22.7. The molecule has 0 N–H and O–H groups in total. The van der Waals surface area contributed by atoms with Crippen LogP contribution in [0, 0.1) is 0 Å². The molecular weight excluding hydrogens is 462 g/mol. The molecule has 0 spiro atoms. The zero-order valence-corrected chi connectivity index (χ0v) is 20.4. The van der Waals surface area contributed by atoms with Gasteiger partial charge in [0.15, 0.2) is 5.17 Å². The smallest absolute Gasteiger partial charge is 0.269 e. The van der Waals surface area contributed by atoms with Crippen LogP contribution < -0.4 is 9.64 Å². The number of anilines is 1. The van der Waals surface area contributed by atoms with Gasteiger partial charge in [-0.2, -0.15) is 0 Å². The van der Waals surface area contributed by atoms with Gasteiger partial charge in [0.2, 0.25) is 0 Å². The van der Waals surface area contributed by atoms with E-state index in [1.54, 1.807) is 31.0 Å². The van der Waals surface area contributed by atoms with Crippen molar-refractivity contribution < 1.29 is 9.53 Å². The van der Waals surface area contributed by atoms with E-state index in [-0.39, 0.29) is 11.9 Å². The fraction of sp³-hybridized carbons (Fsp3) is 0.333. The molecule has 0 unspecified atom stereocenters. The van der Waals surface area contributed by atoms with E-state index in [1.807, 2.05) is 30.1 Å². The van der Waals surface area contributed by atoms with Crippen LogP contribution in [0.4, 0.5) is 11.4 Å². The van der Waals surface area contributed by atoms with Gasteiger partial charge in [0.1, 0.15) is 16.3 Å². The van der Waals surface area contributed by atoms with Gasteiger partial charge < -0.3 is 9.64 Å². The van der Waals surface area contributed by atoms with Gasteiger partial charge in [0.25, 0.3) is 5.91 Å². The maximum absolute atomic E-state index is 13.8. The molecule has 5 rings (SSSR count). The zero-order valence-electron chi connectivity index (χ0n) is 18.0. The van der Waals surface area contributed by atoms with E-state index < -0.39 is 0 Å². The zero-order chi connectivity index (χ0) is 22.2. The first kappa shape index (κ1) is 21.7. The number of hydrogen-bond donors (Lipinski definition) is 0. The highest BCUT2D eigenvalue weighted by atomic mass is 35.5. The number of fused-ring (bicyclic) bond motifs is 1. The molecule has 3 aliphatic rings. The van der Waals surface area contributed by atoms with Crippen molar-refractivity contribution in [2.75, 3.05) is 19.1 Å². The second-order valence-electron chi connectivity index (χ2n) is 8.04. The molecule has 2 heterocycles. The van der Waals surface area contributed by atoms with Crippen molar-refractivity contribution >= 4 is 57.6 Å². The molecule has 1 amide bonds. The Morgan fingerprint density at radius 1 is 1.09 bits per heavy atom. The second-order valence-corrected chi connectivity index (χ2v) is 10.5. The lowest BCUT2D eigenvalue weighted by molar-refractivity contribution is -0.124. The minimum absolute atomic E-state index is 0.0452. The molecule has 0 radical (unpaired) electrons. The number of hydrogen-bond acceptors (Lipinski definition) is 6. The third-order valence-electron chi connectivity index (χ3n) is 6.04. The molecule has 0 aromatic heterocycles. The fourth-order valence-electron chi connectivity index (χ4n) is 4.41. The van der Waals surface area contributed by atoms with Gasteiger partial charge in [-0.05, 0) is 54.9 Å². The molecule has 1 aliphatic carbocycles. The molecule has 2 aliphatic heterocycles. The summed E-state index contributed by atoms with van der Waals surface area (Å²) in [6.07, 6.45) is 5.51. The lowest BCUT2D eigenvalue weighted by Gasteiger charge is -2.30. The largest absolute Gasteiger partial charge is 0.494 e. The summed E-state index contributed by atoms with van der Waals surface area (Å²) in [7, 11) is 3.64. The van der Waals surface area contributed by atoms with Crippen LogP contribution in [-0.4, -0.2) is 36.2 Å². The van der Waals surface area contributed by atoms with Crippen LogP contribution in [0.2, 0.25) is 5.02 Å². The van der Waals surface area contributed by atoms with Gasteiger partial charge in [-0.15, -0.1) is 0 Å². The summed E-state index contributed by atoms with van der Waals surface area (Å²) in [5, 5.41) is 2.25. The van der Waals surface area contributed by atoms with E-state index in [2.05, 4.69) is 17.0 Å². The molecule has 2 fully saturated rings. The van der Waals surface area contributed by atoms with E-state index in [0.717, 1.165) is 46.2 Å². The van der Waals surface area contributed by atoms with Gasteiger partial charge in [-0.1, -0.05) is 54.8 Å².